The van der Waals surface area contributed by atoms with Crippen molar-refractivity contribution in [1.82, 2.24) is 9.55 Å². The average Bonchev–Trinajstić information content (AvgIpc) is 2.34. The highest BCUT2D eigenvalue weighted by Crippen LogP contribution is 2.12. The van der Waals surface area contributed by atoms with E-state index in [1.165, 1.54) is 4.57 Å². The molecule has 1 rings (SSSR count). The first kappa shape index (κ1) is 14.9. The summed E-state index contributed by atoms with van der Waals surface area (Å²) in [6.45, 7) is 4.34. The fraction of sp³-hybridized carbons (Fsp3) is 0.538. The minimum absolute atomic E-state index is 0.0921. The van der Waals surface area contributed by atoms with Crippen molar-refractivity contribution in [2.75, 3.05) is 11.1 Å². The SMILES string of the molecule is C#CCC(C)Nc1c(N)n(CCCC)c(=O)[nH]c1=O. The smallest absolute Gasteiger partial charge is 0.330 e. The lowest BCUT2D eigenvalue weighted by Gasteiger charge is -2.16. The van der Waals surface area contributed by atoms with E-state index in [4.69, 9.17) is 12.2 Å². The van der Waals surface area contributed by atoms with E-state index in [1.807, 2.05) is 13.8 Å². The summed E-state index contributed by atoms with van der Waals surface area (Å²) in [5, 5.41) is 2.95. The lowest BCUT2D eigenvalue weighted by molar-refractivity contribution is 0.605. The molecular formula is C13H20N4O2. The molecular weight excluding hydrogens is 244 g/mol. The van der Waals surface area contributed by atoms with Crippen LogP contribution in [0.2, 0.25) is 0 Å². The molecule has 1 aromatic heterocycles. The highest BCUT2D eigenvalue weighted by atomic mass is 16.2. The normalized spacial score (nSPS) is 11.8. The molecule has 0 aliphatic heterocycles. The molecule has 1 aromatic rings. The molecule has 6 nitrogen and oxygen atoms in total. The Hall–Kier alpha value is -2.16. The van der Waals surface area contributed by atoms with E-state index in [0.717, 1.165) is 12.8 Å². The number of nitrogen functional groups attached to an aromatic ring is 1. The van der Waals surface area contributed by atoms with Gasteiger partial charge in [0.1, 0.15) is 11.5 Å². The molecule has 0 aromatic carbocycles. The third-order valence-electron chi connectivity index (χ3n) is 2.79. The van der Waals surface area contributed by atoms with E-state index < -0.39 is 11.2 Å². The number of anilines is 2. The number of nitrogens with one attached hydrogen (secondary N) is 2. The minimum atomic E-state index is -0.515. The third kappa shape index (κ3) is 3.65. The van der Waals surface area contributed by atoms with Crippen molar-refractivity contribution in [2.45, 2.75) is 45.7 Å². The average molecular weight is 264 g/mol. The highest BCUT2D eigenvalue weighted by molar-refractivity contribution is 5.60. The number of hydrogen-bond donors (Lipinski definition) is 3. The number of nitrogens with two attached hydrogens (primary N) is 1. The molecule has 19 heavy (non-hydrogen) atoms. The number of unbranched alkanes of at least 4 members (excludes halogenated alkanes) is 1. The second-order valence-electron chi connectivity index (χ2n) is 4.48. The standard InChI is InChI=1S/C13H20N4O2/c1-4-6-8-17-11(14)10(12(18)16-13(17)19)15-9(3)7-5-2/h2,9,15H,4,6-8,14H2,1,3H3,(H,16,18,19). The zero-order valence-electron chi connectivity index (χ0n) is 11.3. The van der Waals surface area contributed by atoms with Crippen molar-refractivity contribution in [2.24, 2.45) is 0 Å². The van der Waals surface area contributed by atoms with E-state index in [-0.39, 0.29) is 17.5 Å². The van der Waals surface area contributed by atoms with Crippen LogP contribution in [0, 0.1) is 12.3 Å². The van der Waals surface area contributed by atoms with Gasteiger partial charge in [-0.05, 0) is 13.3 Å². The Morgan fingerprint density at radius 1 is 1.53 bits per heavy atom. The second kappa shape index (κ2) is 6.69. The summed E-state index contributed by atoms with van der Waals surface area (Å²) in [5.74, 6) is 2.66. The molecule has 1 atom stereocenters. The van der Waals surface area contributed by atoms with Gasteiger partial charge in [0.25, 0.3) is 5.56 Å². The van der Waals surface area contributed by atoms with Crippen molar-refractivity contribution < 1.29 is 0 Å². The van der Waals surface area contributed by atoms with Gasteiger partial charge in [0.05, 0.1) is 0 Å². The molecule has 6 heteroatoms. The van der Waals surface area contributed by atoms with Gasteiger partial charge in [-0.2, -0.15) is 0 Å². The Kier molecular flexibility index (Phi) is 5.24. The van der Waals surface area contributed by atoms with Crippen molar-refractivity contribution in [3.05, 3.63) is 20.8 Å². The van der Waals surface area contributed by atoms with Crippen molar-refractivity contribution >= 4 is 11.5 Å². The number of H-pyrrole nitrogens is 1. The predicted molar refractivity (Wildman–Crippen MR) is 77.2 cm³/mol. The van der Waals surface area contributed by atoms with E-state index in [2.05, 4.69) is 16.2 Å². The van der Waals surface area contributed by atoms with Crippen LogP contribution in [0.1, 0.15) is 33.1 Å². The first-order chi connectivity index (χ1) is 9.01. The molecule has 0 bridgehead atoms. The number of rotatable bonds is 6. The summed E-state index contributed by atoms with van der Waals surface area (Å²) in [5.41, 5.74) is 5.11. The van der Waals surface area contributed by atoms with Crippen LogP contribution in [-0.2, 0) is 6.54 Å². The van der Waals surface area contributed by atoms with Crippen molar-refractivity contribution in [3.63, 3.8) is 0 Å². The Balaban J connectivity index is 3.14. The molecule has 0 spiro atoms. The van der Waals surface area contributed by atoms with E-state index >= 15 is 0 Å². The zero-order chi connectivity index (χ0) is 14.4. The maximum absolute atomic E-state index is 11.8. The Morgan fingerprint density at radius 3 is 2.79 bits per heavy atom. The van der Waals surface area contributed by atoms with Gasteiger partial charge in [0.2, 0.25) is 0 Å². The number of nitrogens with zero attached hydrogens (tertiary/aromatic N) is 1. The van der Waals surface area contributed by atoms with E-state index in [9.17, 15) is 9.59 Å². The Bertz CT molecular complexity index is 580. The van der Waals surface area contributed by atoms with Gasteiger partial charge in [-0.3, -0.25) is 14.3 Å². The predicted octanol–water partition coefficient (Wildman–Crippen LogP) is 0.743. The zero-order valence-corrected chi connectivity index (χ0v) is 11.3. The Labute approximate surface area is 112 Å². The molecule has 0 saturated heterocycles. The summed E-state index contributed by atoms with van der Waals surface area (Å²) >= 11 is 0. The molecule has 0 aliphatic carbocycles. The largest absolute Gasteiger partial charge is 0.383 e. The van der Waals surface area contributed by atoms with Crippen LogP contribution in [0.25, 0.3) is 0 Å². The van der Waals surface area contributed by atoms with Gasteiger partial charge in [-0.15, -0.1) is 12.3 Å². The van der Waals surface area contributed by atoms with Gasteiger partial charge in [0, 0.05) is 19.0 Å². The van der Waals surface area contributed by atoms with E-state index in [1.54, 1.807) is 0 Å². The monoisotopic (exact) mass is 264 g/mol. The summed E-state index contributed by atoms with van der Waals surface area (Å²) < 4.78 is 1.37. The topological polar surface area (TPSA) is 92.9 Å². The summed E-state index contributed by atoms with van der Waals surface area (Å²) in [4.78, 5) is 25.7. The maximum Gasteiger partial charge on any atom is 0.330 e. The molecule has 0 radical (unpaired) electrons. The van der Waals surface area contributed by atoms with Gasteiger partial charge in [-0.25, -0.2) is 4.79 Å². The molecule has 0 saturated carbocycles. The highest BCUT2D eigenvalue weighted by Gasteiger charge is 2.13. The number of hydrogen-bond acceptors (Lipinski definition) is 4. The number of aromatic nitrogens is 2. The van der Waals surface area contributed by atoms with Gasteiger partial charge < -0.3 is 11.1 Å². The molecule has 0 aliphatic rings. The molecule has 1 unspecified atom stereocenters. The van der Waals surface area contributed by atoms with Crippen LogP contribution in [0.3, 0.4) is 0 Å². The summed E-state index contributed by atoms with van der Waals surface area (Å²) in [7, 11) is 0. The molecule has 0 fully saturated rings. The fourth-order valence-electron chi connectivity index (χ4n) is 1.74. The van der Waals surface area contributed by atoms with E-state index in [0.29, 0.717) is 13.0 Å². The number of aromatic amines is 1. The van der Waals surface area contributed by atoms with Crippen LogP contribution >= 0.6 is 0 Å². The van der Waals surface area contributed by atoms with Crippen molar-refractivity contribution in [3.8, 4) is 12.3 Å². The lowest BCUT2D eigenvalue weighted by Crippen LogP contribution is -2.35. The number of terminal acetylenes is 1. The van der Waals surface area contributed by atoms with Gasteiger partial charge in [-0.1, -0.05) is 13.3 Å². The van der Waals surface area contributed by atoms with Crippen LogP contribution in [-0.4, -0.2) is 15.6 Å². The van der Waals surface area contributed by atoms with Crippen LogP contribution in [0.15, 0.2) is 9.59 Å². The van der Waals surface area contributed by atoms with Gasteiger partial charge >= 0.3 is 5.69 Å². The lowest BCUT2D eigenvalue weighted by atomic mass is 10.2. The van der Waals surface area contributed by atoms with Crippen LogP contribution in [0.4, 0.5) is 11.5 Å². The van der Waals surface area contributed by atoms with Gasteiger partial charge in [0.15, 0.2) is 0 Å². The molecule has 1 heterocycles. The quantitative estimate of drug-likeness (QED) is 0.661. The fourth-order valence-corrected chi connectivity index (χ4v) is 1.74. The van der Waals surface area contributed by atoms with Crippen LogP contribution in [0.5, 0.6) is 0 Å². The van der Waals surface area contributed by atoms with Crippen LogP contribution < -0.4 is 22.3 Å². The molecule has 104 valence electrons. The molecule has 0 amide bonds. The first-order valence-electron chi connectivity index (χ1n) is 6.33. The third-order valence-corrected chi connectivity index (χ3v) is 2.79. The maximum atomic E-state index is 11.8. The second-order valence-corrected chi connectivity index (χ2v) is 4.48. The molecule has 4 N–H and O–H groups in total. The summed E-state index contributed by atoms with van der Waals surface area (Å²) in [6.07, 6.45) is 7.43. The first-order valence-corrected chi connectivity index (χ1v) is 6.33. The Morgan fingerprint density at radius 2 is 2.21 bits per heavy atom. The summed E-state index contributed by atoms with van der Waals surface area (Å²) in [6, 6.07) is -0.0921. The van der Waals surface area contributed by atoms with Crippen molar-refractivity contribution in [1.29, 1.82) is 0 Å². The minimum Gasteiger partial charge on any atom is -0.383 e.